The highest BCUT2D eigenvalue weighted by Crippen LogP contribution is 2.28. The topological polar surface area (TPSA) is 132 Å². The van der Waals surface area contributed by atoms with Crippen molar-refractivity contribution in [1.29, 1.82) is 0 Å². The van der Waals surface area contributed by atoms with Crippen molar-refractivity contribution in [2.24, 2.45) is 0 Å². The van der Waals surface area contributed by atoms with Gasteiger partial charge < -0.3 is 24.8 Å². The summed E-state index contributed by atoms with van der Waals surface area (Å²) >= 11 is 0. The smallest absolute Gasteiger partial charge is 0.325 e. The number of carbonyl (C=O) groups is 4. The summed E-state index contributed by atoms with van der Waals surface area (Å²) < 4.78 is 15.6. The van der Waals surface area contributed by atoms with Crippen LogP contribution in [-0.2, 0) is 14.3 Å². The van der Waals surface area contributed by atoms with Crippen LogP contribution in [0.3, 0.4) is 0 Å². The van der Waals surface area contributed by atoms with Crippen molar-refractivity contribution in [1.82, 2.24) is 16.0 Å². The number of hydrogen-bond donors (Lipinski definition) is 3. The summed E-state index contributed by atoms with van der Waals surface area (Å²) in [5, 5.41) is 6.96. The van der Waals surface area contributed by atoms with Crippen LogP contribution in [0.25, 0.3) is 0 Å². The van der Waals surface area contributed by atoms with Gasteiger partial charge in [0.25, 0.3) is 11.8 Å². The fourth-order valence-corrected chi connectivity index (χ4v) is 2.18. The standard InChI is InChI=1S/C20H29N3O7/c1-6-28-14-9-8-13(10-15(14)29-7-2)18(26)21-11-17(25)30-12-16(24)22-19(27)23-20(3,4)5/h8-10H,6-7,11-12H2,1-5H3,(H,21,26)(H2,22,23,24,27). The molecular formula is C20H29N3O7. The van der Waals surface area contributed by atoms with Gasteiger partial charge in [-0.1, -0.05) is 0 Å². The van der Waals surface area contributed by atoms with E-state index in [9.17, 15) is 19.2 Å². The molecule has 166 valence electrons. The van der Waals surface area contributed by atoms with Crippen LogP contribution in [0.15, 0.2) is 18.2 Å². The second-order valence-corrected chi connectivity index (χ2v) is 7.12. The molecule has 0 unspecified atom stereocenters. The summed E-state index contributed by atoms with van der Waals surface area (Å²) in [6.45, 7) is 8.64. The maximum absolute atomic E-state index is 12.2. The monoisotopic (exact) mass is 423 g/mol. The largest absolute Gasteiger partial charge is 0.490 e. The average molecular weight is 423 g/mol. The third-order valence-electron chi connectivity index (χ3n) is 3.30. The molecule has 0 aliphatic carbocycles. The van der Waals surface area contributed by atoms with Gasteiger partial charge in [0, 0.05) is 11.1 Å². The van der Waals surface area contributed by atoms with Gasteiger partial charge in [-0.05, 0) is 52.8 Å². The Morgan fingerprint density at radius 1 is 0.967 bits per heavy atom. The lowest BCUT2D eigenvalue weighted by Gasteiger charge is -2.20. The molecule has 0 radical (unpaired) electrons. The van der Waals surface area contributed by atoms with Crippen LogP contribution in [0.4, 0.5) is 4.79 Å². The molecule has 0 fully saturated rings. The molecule has 0 spiro atoms. The van der Waals surface area contributed by atoms with Crippen molar-refractivity contribution in [3.8, 4) is 11.5 Å². The minimum absolute atomic E-state index is 0.270. The Hall–Kier alpha value is -3.30. The number of rotatable bonds is 9. The van der Waals surface area contributed by atoms with Gasteiger partial charge in [-0.25, -0.2) is 4.79 Å². The van der Waals surface area contributed by atoms with Crippen LogP contribution in [0, 0.1) is 0 Å². The fraction of sp³-hybridized carbons (Fsp3) is 0.500. The predicted octanol–water partition coefficient (Wildman–Crippen LogP) is 1.38. The highest BCUT2D eigenvalue weighted by molar-refractivity contribution is 5.97. The molecule has 0 heterocycles. The minimum Gasteiger partial charge on any atom is -0.490 e. The molecule has 4 amide bonds. The lowest BCUT2D eigenvalue weighted by molar-refractivity contribution is -0.147. The Labute approximate surface area is 175 Å². The van der Waals surface area contributed by atoms with E-state index < -0.39 is 42.5 Å². The average Bonchev–Trinajstić information content (AvgIpc) is 2.64. The molecule has 30 heavy (non-hydrogen) atoms. The van der Waals surface area contributed by atoms with Crippen LogP contribution < -0.4 is 25.4 Å². The van der Waals surface area contributed by atoms with E-state index in [2.05, 4.69) is 10.6 Å². The summed E-state index contributed by atoms with van der Waals surface area (Å²) in [4.78, 5) is 47.2. The second kappa shape index (κ2) is 11.6. The third-order valence-corrected chi connectivity index (χ3v) is 3.30. The number of amides is 4. The first kappa shape index (κ1) is 24.7. The van der Waals surface area contributed by atoms with Crippen LogP contribution in [0.1, 0.15) is 45.0 Å². The Balaban J connectivity index is 2.49. The number of hydrogen-bond acceptors (Lipinski definition) is 7. The van der Waals surface area contributed by atoms with Gasteiger partial charge in [-0.2, -0.15) is 0 Å². The van der Waals surface area contributed by atoms with E-state index in [1.807, 2.05) is 12.2 Å². The van der Waals surface area contributed by atoms with Gasteiger partial charge in [0.1, 0.15) is 6.54 Å². The lowest BCUT2D eigenvalue weighted by atomic mass is 10.1. The molecule has 10 nitrogen and oxygen atoms in total. The fourth-order valence-electron chi connectivity index (χ4n) is 2.18. The molecule has 0 saturated carbocycles. The molecule has 0 aromatic heterocycles. The quantitative estimate of drug-likeness (QED) is 0.511. The van der Waals surface area contributed by atoms with Gasteiger partial charge >= 0.3 is 12.0 Å². The molecule has 0 aliphatic rings. The molecule has 0 atom stereocenters. The zero-order valence-electron chi connectivity index (χ0n) is 17.9. The van der Waals surface area contributed by atoms with Crippen LogP contribution in [-0.4, -0.2) is 55.7 Å². The molecule has 1 rings (SSSR count). The number of ether oxygens (including phenoxy) is 3. The SMILES string of the molecule is CCOc1ccc(C(=O)NCC(=O)OCC(=O)NC(=O)NC(C)(C)C)cc1OCC. The lowest BCUT2D eigenvalue weighted by Crippen LogP contribution is -2.49. The molecule has 1 aromatic carbocycles. The Kier molecular flexibility index (Phi) is 9.60. The normalized spacial score (nSPS) is 10.6. The molecular weight excluding hydrogens is 394 g/mol. The van der Waals surface area contributed by atoms with Gasteiger partial charge in [0.15, 0.2) is 18.1 Å². The minimum atomic E-state index is -0.828. The third kappa shape index (κ3) is 9.26. The summed E-state index contributed by atoms with van der Waals surface area (Å²) in [6, 6.07) is 3.96. The number of benzene rings is 1. The number of carbonyl (C=O) groups excluding carboxylic acids is 4. The Morgan fingerprint density at radius 2 is 1.60 bits per heavy atom. The first-order valence-corrected chi connectivity index (χ1v) is 9.51. The van der Waals surface area contributed by atoms with Crippen molar-refractivity contribution < 1.29 is 33.4 Å². The van der Waals surface area contributed by atoms with E-state index in [0.717, 1.165) is 0 Å². The summed E-state index contributed by atoms with van der Waals surface area (Å²) in [5.74, 6) is -1.21. The number of esters is 1. The van der Waals surface area contributed by atoms with E-state index >= 15 is 0 Å². The maximum Gasteiger partial charge on any atom is 0.325 e. The van der Waals surface area contributed by atoms with Crippen LogP contribution in [0.2, 0.25) is 0 Å². The van der Waals surface area contributed by atoms with Gasteiger partial charge in [-0.15, -0.1) is 0 Å². The van der Waals surface area contributed by atoms with Crippen LogP contribution in [0.5, 0.6) is 11.5 Å². The van der Waals surface area contributed by atoms with Crippen molar-refractivity contribution in [3.05, 3.63) is 23.8 Å². The van der Waals surface area contributed by atoms with Crippen molar-refractivity contribution in [3.63, 3.8) is 0 Å². The van der Waals surface area contributed by atoms with E-state index in [1.165, 1.54) is 12.1 Å². The highest BCUT2D eigenvalue weighted by atomic mass is 16.5. The number of nitrogens with one attached hydrogen (secondary N) is 3. The first-order chi connectivity index (χ1) is 14.1. The van der Waals surface area contributed by atoms with Gasteiger partial charge in [0.05, 0.1) is 13.2 Å². The van der Waals surface area contributed by atoms with Gasteiger partial charge in [0.2, 0.25) is 0 Å². The molecule has 1 aromatic rings. The van der Waals surface area contributed by atoms with E-state index in [-0.39, 0.29) is 5.56 Å². The zero-order valence-corrected chi connectivity index (χ0v) is 17.9. The van der Waals surface area contributed by atoms with Crippen molar-refractivity contribution in [2.75, 3.05) is 26.4 Å². The molecule has 0 saturated heterocycles. The molecule has 3 N–H and O–H groups in total. The summed E-state index contributed by atoms with van der Waals surface area (Å²) in [7, 11) is 0. The highest BCUT2D eigenvalue weighted by Gasteiger charge is 2.17. The zero-order chi connectivity index (χ0) is 22.7. The van der Waals surface area contributed by atoms with Crippen LogP contribution >= 0.6 is 0 Å². The predicted molar refractivity (Wildman–Crippen MR) is 108 cm³/mol. The maximum atomic E-state index is 12.2. The summed E-state index contributed by atoms with van der Waals surface area (Å²) in [6.07, 6.45) is 0. The molecule has 0 aliphatic heterocycles. The van der Waals surface area contributed by atoms with Crippen molar-refractivity contribution in [2.45, 2.75) is 40.2 Å². The number of urea groups is 1. The Morgan fingerprint density at radius 3 is 2.20 bits per heavy atom. The summed E-state index contributed by atoms with van der Waals surface area (Å²) in [5.41, 5.74) is -0.250. The van der Waals surface area contributed by atoms with E-state index in [1.54, 1.807) is 33.8 Å². The Bertz CT molecular complexity index is 772. The first-order valence-electron chi connectivity index (χ1n) is 9.51. The number of imide groups is 1. The van der Waals surface area contributed by atoms with Gasteiger partial charge in [-0.3, -0.25) is 19.7 Å². The molecule has 10 heteroatoms. The van der Waals surface area contributed by atoms with E-state index in [0.29, 0.717) is 24.7 Å². The van der Waals surface area contributed by atoms with Crippen molar-refractivity contribution >= 4 is 23.8 Å². The van der Waals surface area contributed by atoms with E-state index in [4.69, 9.17) is 14.2 Å². The molecule has 0 bridgehead atoms. The second-order valence-electron chi connectivity index (χ2n) is 7.12.